The van der Waals surface area contributed by atoms with E-state index in [9.17, 15) is 0 Å². The zero-order valence-electron chi connectivity index (χ0n) is 14.1. The molecule has 1 aliphatic heterocycles. The molecule has 1 saturated heterocycles. The van der Waals surface area contributed by atoms with Gasteiger partial charge in [0.2, 0.25) is 5.82 Å². The maximum absolute atomic E-state index is 4.27. The van der Waals surface area contributed by atoms with Crippen LogP contribution in [0.1, 0.15) is 36.1 Å². The molecule has 0 amide bonds. The van der Waals surface area contributed by atoms with Crippen molar-refractivity contribution >= 4 is 0 Å². The van der Waals surface area contributed by atoms with Crippen molar-refractivity contribution in [3.63, 3.8) is 0 Å². The lowest BCUT2D eigenvalue weighted by molar-refractivity contribution is 0.136. The van der Waals surface area contributed by atoms with Crippen LogP contribution >= 0.6 is 0 Å². The molecule has 2 aromatic heterocycles. The van der Waals surface area contributed by atoms with E-state index in [1.165, 1.54) is 42.5 Å². The maximum atomic E-state index is 4.27. The van der Waals surface area contributed by atoms with Gasteiger partial charge >= 0.3 is 0 Å². The molecule has 0 bridgehead atoms. The third kappa shape index (κ3) is 2.55. The lowest BCUT2D eigenvalue weighted by Crippen LogP contribution is -2.44. The molecule has 1 spiro atoms. The van der Waals surface area contributed by atoms with Crippen molar-refractivity contribution in [2.75, 3.05) is 13.1 Å². The van der Waals surface area contributed by atoms with Gasteiger partial charge in [-0.3, -0.25) is 10.00 Å². The fourth-order valence-electron chi connectivity index (χ4n) is 4.53. The monoisotopic (exact) mass is 335 g/mol. The minimum Gasteiger partial charge on any atom is -0.298 e. The van der Waals surface area contributed by atoms with Crippen LogP contribution in [0.4, 0.5) is 0 Å². The number of hydrogen-bond donors (Lipinski definition) is 2. The Morgan fingerprint density at radius 3 is 2.92 bits per heavy atom. The van der Waals surface area contributed by atoms with Gasteiger partial charge < -0.3 is 0 Å². The van der Waals surface area contributed by atoms with Crippen LogP contribution in [0.15, 0.2) is 30.5 Å². The van der Waals surface area contributed by atoms with Gasteiger partial charge in [-0.1, -0.05) is 24.3 Å². The van der Waals surface area contributed by atoms with E-state index in [1.807, 2.05) is 6.20 Å². The highest BCUT2D eigenvalue weighted by atomic mass is 15.5. The molecule has 3 heterocycles. The third-order valence-corrected chi connectivity index (χ3v) is 5.74. The summed E-state index contributed by atoms with van der Waals surface area (Å²) in [4.78, 5) is 2.59. The Balaban J connectivity index is 1.31. The van der Waals surface area contributed by atoms with Crippen molar-refractivity contribution in [1.29, 1.82) is 0 Å². The minimum absolute atomic E-state index is 0.286. The average molecular weight is 335 g/mol. The fraction of sp³-hybridized carbons (Fsp3) is 0.444. The number of aromatic nitrogens is 6. The van der Waals surface area contributed by atoms with Crippen LogP contribution in [0.5, 0.6) is 0 Å². The number of piperidine rings is 1. The molecule has 25 heavy (non-hydrogen) atoms. The molecule has 1 aromatic carbocycles. The number of nitrogens with zero attached hydrogens (tertiary/aromatic N) is 5. The van der Waals surface area contributed by atoms with E-state index in [2.05, 4.69) is 60.0 Å². The van der Waals surface area contributed by atoms with Gasteiger partial charge in [0.25, 0.3) is 0 Å². The topological polar surface area (TPSA) is 86.4 Å². The summed E-state index contributed by atoms with van der Waals surface area (Å²) in [5.74, 6) is 0.640. The average Bonchev–Trinajstić information content (AvgIpc) is 3.37. The van der Waals surface area contributed by atoms with Crippen molar-refractivity contribution in [3.05, 3.63) is 47.3 Å². The molecule has 128 valence electrons. The van der Waals surface area contributed by atoms with Crippen LogP contribution in [0.2, 0.25) is 0 Å². The first-order valence-electron chi connectivity index (χ1n) is 8.90. The van der Waals surface area contributed by atoms with E-state index in [0.717, 1.165) is 25.2 Å². The van der Waals surface area contributed by atoms with Gasteiger partial charge in [-0.25, -0.2) is 0 Å². The van der Waals surface area contributed by atoms with Crippen molar-refractivity contribution in [2.24, 2.45) is 0 Å². The lowest BCUT2D eigenvalue weighted by Gasteiger charge is -2.40. The van der Waals surface area contributed by atoms with Crippen molar-refractivity contribution in [2.45, 2.75) is 37.6 Å². The second-order valence-electron chi connectivity index (χ2n) is 7.30. The summed E-state index contributed by atoms with van der Waals surface area (Å²) in [7, 11) is 0. The molecule has 7 nitrogen and oxygen atoms in total. The van der Waals surface area contributed by atoms with Gasteiger partial charge in [-0.05, 0) is 48.6 Å². The van der Waals surface area contributed by atoms with E-state index in [-0.39, 0.29) is 5.41 Å². The summed E-state index contributed by atoms with van der Waals surface area (Å²) < 4.78 is 0. The van der Waals surface area contributed by atoms with Gasteiger partial charge in [0.05, 0.1) is 6.20 Å². The molecule has 0 saturated carbocycles. The maximum Gasteiger partial charge on any atom is 0.204 e. The largest absolute Gasteiger partial charge is 0.298 e. The third-order valence-electron chi connectivity index (χ3n) is 5.74. The van der Waals surface area contributed by atoms with E-state index < -0.39 is 0 Å². The zero-order chi connectivity index (χ0) is 16.7. The Labute approximate surface area is 145 Å². The van der Waals surface area contributed by atoms with Gasteiger partial charge in [0.1, 0.15) is 0 Å². The van der Waals surface area contributed by atoms with Crippen LogP contribution in [0.3, 0.4) is 0 Å². The highest BCUT2D eigenvalue weighted by Gasteiger charge is 2.43. The number of rotatable bonds is 3. The number of H-pyrrole nitrogens is 2. The first-order chi connectivity index (χ1) is 12.3. The van der Waals surface area contributed by atoms with Gasteiger partial charge in [0.15, 0.2) is 0 Å². The standard InChI is InChI=1S/C18H21N7/c1-7-18(8-6-15-10-19-20-16(15)18)12-25(9-1)11-13-2-4-14(5-3-13)17-21-23-24-22-17/h2-5,10H,1,6-9,11-12H2,(H,19,20)(H,21,22,23,24). The molecule has 1 atom stereocenters. The molecular formula is C18H21N7. The van der Waals surface area contributed by atoms with Gasteiger partial charge in [0, 0.05) is 29.8 Å². The highest BCUT2D eigenvalue weighted by molar-refractivity contribution is 5.54. The van der Waals surface area contributed by atoms with E-state index in [1.54, 1.807) is 0 Å². The number of tetrazole rings is 1. The molecule has 7 heteroatoms. The molecular weight excluding hydrogens is 314 g/mol. The zero-order valence-corrected chi connectivity index (χ0v) is 14.1. The second-order valence-corrected chi connectivity index (χ2v) is 7.30. The normalized spacial score (nSPS) is 23.2. The molecule has 0 radical (unpaired) electrons. The van der Waals surface area contributed by atoms with Gasteiger partial charge in [-0.15, -0.1) is 10.2 Å². The fourth-order valence-corrected chi connectivity index (χ4v) is 4.53. The Morgan fingerprint density at radius 1 is 1.16 bits per heavy atom. The minimum atomic E-state index is 0.286. The first kappa shape index (κ1) is 14.8. The van der Waals surface area contributed by atoms with Crippen molar-refractivity contribution in [1.82, 2.24) is 35.7 Å². The van der Waals surface area contributed by atoms with Crippen molar-refractivity contribution < 1.29 is 0 Å². The summed E-state index contributed by atoms with van der Waals surface area (Å²) in [6.45, 7) is 3.27. The quantitative estimate of drug-likeness (QED) is 0.765. The number of aromatic amines is 2. The summed E-state index contributed by atoms with van der Waals surface area (Å²) >= 11 is 0. The number of aryl methyl sites for hydroxylation is 1. The number of nitrogens with one attached hydrogen (secondary N) is 2. The Morgan fingerprint density at radius 2 is 2.08 bits per heavy atom. The molecule has 1 aliphatic carbocycles. The Bertz CT molecular complexity index is 852. The molecule has 1 fully saturated rings. The summed E-state index contributed by atoms with van der Waals surface area (Å²) in [6, 6.07) is 8.48. The summed E-state index contributed by atoms with van der Waals surface area (Å²) in [5, 5.41) is 21.7. The van der Waals surface area contributed by atoms with Crippen LogP contribution in [0, 0.1) is 0 Å². The summed E-state index contributed by atoms with van der Waals surface area (Å²) in [6.07, 6.45) is 6.96. The number of hydrogen-bond acceptors (Lipinski definition) is 5. The SMILES string of the molecule is c1cc(-c2nn[nH]n2)ccc1CN1CCCC2(CCc3cn[nH]c32)C1. The highest BCUT2D eigenvalue weighted by Crippen LogP contribution is 2.44. The first-order valence-corrected chi connectivity index (χ1v) is 8.90. The second kappa shape index (κ2) is 5.77. The van der Waals surface area contributed by atoms with Crippen LogP contribution in [0.25, 0.3) is 11.4 Å². The number of benzene rings is 1. The van der Waals surface area contributed by atoms with Gasteiger partial charge in [-0.2, -0.15) is 10.3 Å². The predicted octanol–water partition coefficient (Wildman–Crippen LogP) is 2.07. The predicted molar refractivity (Wildman–Crippen MR) is 92.7 cm³/mol. The molecule has 3 aromatic rings. The molecule has 1 unspecified atom stereocenters. The number of likely N-dealkylation sites (tertiary alicyclic amines) is 1. The van der Waals surface area contributed by atoms with Crippen LogP contribution in [-0.2, 0) is 18.4 Å². The Hall–Kier alpha value is -2.54. The van der Waals surface area contributed by atoms with Crippen LogP contribution in [-0.4, -0.2) is 48.8 Å². The Kier molecular flexibility index (Phi) is 3.41. The number of fused-ring (bicyclic) bond motifs is 2. The molecule has 2 N–H and O–H groups in total. The smallest absolute Gasteiger partial charge is 0.204 e. The summed E-state index contributed by atoms with van der Waals surface area (Å²) in [5.41, 5.74) is 5.42. The van der Waals surface area contributed by atoms with Crippen LogP contribution < -0.4 is 0 Å². The van der Waals surface area contributed by atoms with Crippen molar-refractivity contribution in [3.8, 4) is 11.4 Å². The van der Waals surface area contributed by atoms with E-state index in [0.29, 0.717) is 5.82 Å². The van der Waals surface area contributed by atoms with E-state index in [4.69, 9.17) is 0 Å². The lowest BCUT2D eigenvalue weighted by atomic mass is 9.77. The van der Waals surface area contributed by atoms with E-state index >= 15 is 0 Å². The molecule has 2 aliphatic rings. The molecule has 5 rings (SSSR count).